The molecule has 3 aromatic rings. The first kappa shape index (κ1) is 16.3. The average molecular weight is 357 g/mol. The van der Waals surface area contributed by atoms with E-state index in [1.54, 1.807) is 0 Å². The van der Waals surface area contributed by atoms with Crippen LogP contribution in [-0.4, -0.2) is 16.9 Å². The van der Waals surface area contributed by atoms with Gasteiger partial charge in [0.15, 0.2) is 0 Å². The summed E-state index contributed by atoms with van der Waals surface area (Å²) in [7, 11) is 0. The van der Waals surface area contributed by atoms with Gasteiger partial charge in [0.1, 0.15) is 5.92 Å². The molecule has 1 fully saturated rings. The number of carbonyl (C=O) groups excluding carboxylic acids is 1. The van der Waals surface area contributed by atoms with Crippen molar-refractivity contribution in [2.24, 2.45) is 0 Å². The number of fused-ring (bicyclic) bond motifs is 2. The first-order valence-corrected chi connectivity index (χ1v) is 9.85. The second-order valence-electron chi connectivity index (χ2n) is 7.60. The molecule has 0 saturated heterocycles. The summed E-state index contributed by atoms with van der Waals surface area (Å²) in [6, 6.07) is 18.7. The van der Waals surface area contributed by atoms with Crippen LogP contribution in [0.2, 0.25) is 0 Å². The van der Waals surface area contributed by atoms with E-state index in [1.165, 1.54) is 32.1 Å². The van der Waals surface area contributed by atoms with Crippen molar-refractivity contribution in [3.63, 3.8) is 0 Å². The molecule has 1 aliphatic heterocycles. The fraction of sp³-hybridized carbons (Fsp3) is 0.304. The Kier molecular flexibility index (Phi) is 4.04. The fourth-order valence-corrected chi connectivity index (χ4v) is 4.43. The molecule has 136 valence electrons. The molecule has 1 aliphatic carbocycles. The molecule has 27 heavy (non-hydrogen) atoms. The molecule has 2 aromatic carbocycles. The Labute approximate surface area is 159 Å². The minimum Gasteiger partial charge on any atom is -0.382 e. The van der Waals surface area contributed by atoms with Crippen LogP contribution in [0.25, 0.3) is 10.9 Å². The minimum absolute atomic E-state index is 0.00241. The van der Waals surface area contributed by atoms with Crippen molar-refractivity contribution in [3.05, 3.63) is 65.9 Å². The topological polar surface area (TPSA) is 54.0 Å². The van der Waals surface area contributed by atoms with Crippen LogP contribution < -0.4 is 10.6 Å². The lowest BCUT2D eigenvalue weighted by Gasteiger charge is -2.25. The van der Waals surface area contributed by atoms with Gasteiger partial charge >= 0.3 is 0 Å². The SMILES string of the molecule is O=C1Nc2ccccc2C1c1cc(NC2CCCCC2)c2ccccc2n1. The lowest BCUT2D eigenvalue weighted by Crippen LogP contribution is -2.23. The molecule has 5 rings (SSSR count). The number of benzene rings is 2. The molecule has 2 N–H and O–H groups in total. The molecule has 0 spiro atoms. The van der Waals surface area contributed by atoms with Crippen LogP contribution >= 0.6 is 0 Å². The van der Waals surface area contributed by atoms with E-state index in [4.69, 9.17) is 4.98 Å². The van der Waals surface area contributed by atoms with E-state index in [1.807, 2.05) is 42.5 Å². The Hall–Kier alpha value is -2.88. The molecule has 4 heteroatoms. The summed E-state index contributed by atoms with van der Waals surface area (Å²) in [5, 5.41) is 7.87. The normalized spacial score (nSPS) is 19.7. The van der Waals surface area contributed by atoms with Gasteiger partial charge in [0.05, 0.1) is 11.2 Å². The Morgan fingerprint density at radius 2 is 1.74 bits per heavy atom. The molecule has 1 aromatic heterocycles. The van der Waals surface area contributed by atoms with Gasteiger partial charge in [-0.25, -0.2) is 0 Å². The van der Waals surface area contributed by atoms with Crippen LogP contribution in [0.5, 0.6) is 0 Å². The van der Waals surface area contributed by atoms with E-state index in [-0.39, 0.29) is 11.8 Å². The molecule has 1 saturated carbocycles. The summed E-state index contributed by atoms with van der Waals surface area (Å²) in [6.45, 7) is 0. The van der Waals surface area contributed by atoms with Gasteiger partial charge in [-0.15, -0.1) is 0 Å². The molecule has 0 bridgehead atoms. The molecule has 1 unspecified atom stereocenters. The number of nitrogens with one attached hydrogen (secondary N) is 2. The maximum absolute atomic E-state index is 12.7. The van der Waals surface area contributed by atoms with Crippen LogP contribution in [0.15, 0.2) is 54.6 Å². The fourth-order valence-electron chi connectivity index (χ4n) is 4.43. The van der Waals surface area contributed by atoms with Crippen molar-refractivity contribution in [3.8, 4) is 0 Å². The maximum Gasteiger partial charge on any atom is 0.238 e. The van der Waals surface area contributed by atoms with E-state index in [0.717, 1.165) is 33.5 Å². The summed E-state index contributed by atoms with van der Waals surface area (Å²) in [5.41, 5.74) is 4.75. The lowest BCUT2D eigenvalue weighted by molar-refractivity contribution is -0.116. The number of anilines is 2. The second-order valence-corrected chi connectivity index (χ2v) is 7.60. The molecule has 2 aliphatic rings. The van der Waals surface area contributed by atoms with E-state index < -0.39 is 0 Å². The largest absolute Gasteiger partial charge is 0.382 e. The number of hydrogen-bond donors (Lipinski definition) is 2. The standard InChI is InChI=1S/C23H23N3O/c27-23-22(17-11-5-7-13-19(17)26-23)21-14-20(24-15-8-2-1-3-9-15)16-10-4-6-12-18(16)25-21/h4-7,10-15,22H,1-3,8-9H2,(H,24,25)(H,26,27). The molecule has 2 heterocycles. The number of para-hydroxylation sites is 2. The number of amides is 1. The number of nitrogens with zero attached hydrogens (tertiary/aromatic N) is 1. The van der Waals surface area contributed by atoms with Crippen LogP contribution in [0.1, 0.15) is 49.3 Å². The van der Waals surface area contributed by atoms with Gasteiger partial charge in [-0.1, -0.05) is 55.7 Å². The van der Waals surface area contributed by atoms with Crippen molar-refractivity contribution < 1.29 is 4.79 Å². The highest BCUT2D eigenvalue weighted by Crippen LogP contribution is 2.38. The van der Waals surface area contributed by atoms with Gasteiger partial charge in [-0.2, -0.15) is 0 Å². The first-order valence-electron chi connectivity index (χ1n) is 9.85. The zero-order valence-electron chi connectivity index (χ0n) is 15.2. The van der Waals surface area contributed by atoms with E-state index in [0.29, 0.717) is 6.04 Å². The van der Waals surface area contributed by atoms with Crippen molar-refractivity contribution in [2.75, 3.05) is 10.6 Å². The van der Waals surface area contributed by atoms with Gasteiger partial charge in [-0.05, 0) is 36.6 Å². The number of aromatic nitrogens is 1. The van der Waals surface area contributed by atoms with E-state index in [2.05, 4.69) is 22.8 Å². The van der Waals surface area contributed by atoms with Crippen LogP contribution in [0.4, 0.5) is 11.4 Å². The highest BCUT2D eigenvalue weighted by Gasteiger charge is 2.33. The van der Waals surface area contributed by atoms with Gasteiger partial charge in [0.25, 0.3) is 0 Å². The van der Waals surface area contributed by atoms with E-state index >= 15 is 0 Å². The number of carbonyl (C=O) groups is 1. The average Bonchev–Trinajstić information content (AvgIpc) is 3.04. The van der Waals surface area contributed by atoms with Gasteiger partial charge in [0.2, 0.25) is 5.91 Å². The molecular weight excluding hydrogens is 334 g/mol. The summed E-state index contributed by atoms with van der Waals surface area (Å²) in [5.74, 6) is -0.347. The van der Waals surface area contributed by atoms with Crippen molar-refractivity contribution in [1.29, 1.82) is 0 Å². The third-order valence-electron chi connectivity index (χ3n) is 5.79. The predicted octanol–water partition coefficient (Wildman–Crippen LogP) is 5.06. The van der Waals surface area contributed by atoms with Crippen molar-refractivity contribution in [2.45, 2.75) is 44.1 Å². The van der Waals surface area contributed by atoms with Crippen LogP contribution in [0, 0.1) is 0 Å². The molecular formula is C23H23N3O. The van der Waals surface area contributed by atoms with Crippen molar-refractivity contribution in [1.82, 2.24) is 4.98 Å². The Bertz CT molecular complexity index is 1010. The third kappa shape index (κ3) is 2.95. The van der Waals surface area contributed by atoms with Gasteiger partial charge in [-0.3, -0.25) is 9.78 Å². The lowest BCUT2D eigenvalue weighted by atomic mass is 9.93. The van der Waals surface area contributed by atoms with E-state index in [9.17, 15) is 4.79 Å². The Balaban J connectivity index is 1.60. The highest BCUT2D eigenvalue weighted by molar-refractivity contribution is 6.05. The maximum atomic E-state index is 12.7. The number of pyridine rings is 1. The zero-order valence-corrected chi connectivity index (χ0v) is 15.2. The second kappa shape index (κ2) is 6.69. The van der Waals surface area contributed by atoms with Crippen LogP contribution in [0.3, 0.4) is 0 Å². The number of rotatable bonds is 3. The predicted molar refractivity (Wildman–Crippen MR) is 109 cm³/mol. The van der Waals surface area contributed by atoms with Crippen LogP contribution in [-0.2, 0) is 4.79 Å². The highest BCUT2D eigenvalue weighted by atomic mass is 16.2. The third-order valence-corrected chi connectivity index (χ3v) is 5.79. The zero-order chi connectivity index (χ0) is 18.2. The molecule has 0 radical (unpaired) electrons. The first-order chi connectivity index (χ1) is 13.3. The summed E-state index contributed by atoms with van der Waals surface area (Å²) in [4.78, 5) is 17.6. The minimum atomic E-state index is -0.349. The van der Waals surface area contributed by atoms with Crippen molar-refractivity contribution >= 4 is 28.2 Å². The summed E-state index contributed by atoms with van der Waals surface area (Å²) in [6.07, 6.45) is 6.31. The van der Waals surface area contributed by atoms with Gasteiger partial charge < -0.3 is 10.6 Å². The molecule has 1 atom stereocenters. The summed E-state index contributed by atoms with van der Waals surface area (Å²) >= 11 is 0. The summed E-state index contributed by atoms with van der Waals surface area (Å²) < 4.78 is 0. The Morgan fingerprint density at radius 1 is 0.963 bits per heavy atom. The number of hydrogen-bond acceptors (Lipinski definition) is 3. The Morgan fingerprint density at radius 3 is 2.63 bits per heavy atom. The molecule has 1 amide bonds. The molecule has 4 nitrogen and oxygen atoms in total. The monoisotopic (exact) mass is 357 g/mol. The quantitative estimate of drug-likeness (QED) is 0.688. The smallest absolute Gasteiger partial charge is 0.238 e. The van der Waals surface area contributed by atoms with Gasteiger partial charge in [0, 0.05) is 22.8 Å².